The van der Waals surface area contributed by atoms with Crippen LogP contribution < -0.4 is 5.32 Å². The highest BCUT2D eigenvalue weighted by Gasteiger charge is 2.38. The third-order valence-electron chi connectivity index (χ3n) is 2.82. The second-order valence-corrected chi connectivity index (χ2v) is 8.21. The highest BCUT2D eigenvalue weighted by molar-refractivity contribution is 9.10. The predicted molar refractivity (Wildman–Crippen MR) is 93.9 cm³/mol. The number of alkyl halides is 3. The van der Waals surface area contributed by atoms with Crippen LogP contribution in [-0.4, -0.2) is 16.7 Å². The molecule has 0 spiro atoms. The highest BCUT2D eigenvalue weighted by Crippen LogP contribution is 2.38. The molecular formula is C16H16BrF3N2O2S. The first-order chi connectivity index (χ1) is 11.4. The lowest BCUT2D eigenvalue weighted by Gasteiger charge is -2.19. The molecule has 2 rings (SSSR count). The quantitative estimate of drug-likeness (QED) is 0.654. The Hall–Kier alpha value is -1.61. The van der Waals surface area contributed by atoms with E-state index in [0.717, 1.165) is 21.4 Å². The number of hydrogen-bond acceptors (Lipinski definition) is 4. The molecule has 25 heavy (non-hydrogen) atoms. The molecule has 0 saturated heterocycles. The topological polar surface area (TPSA) is 51.2 Å². The van der Waals surface area contributed by atoms with Gasteiger partial charge in [0.15, 0.2) is 5.69 Å². The lowest BCUT2D eigenvalue weighted by atomic mass is 10.2. The van der Waals surface area contributed by atoms with E-state index in [1.807, 2.05) is 0 Å². The maximum absolute atomic E-state index is 13.2. The average Bonchev–Trinajstić information content (AvgIpc) is 2.81. The maximum atomic E-state index is 13.2. The Labute approximate surface area is 155 Å². The van der Waals surface area contributed by atoms with Gasteiger partial charge in [-0.1, -0.05) is 28.1 Å². The summed E-state index contributed by atoms with van der Waals surface area (Å²) in [6, 6.07) is 7.18. The van der Waals surface area contributed by atoms with Gasteiger partial charge in [-0.3, -0.25) is 5.32 Å². The summed E-state index contributed by atoms with van der Waals surface area (Å²) in [4.78, 5) is 15.4. The fourth-order valence-corrected chi connectivity index (χ4v) is 3.16. The van der Waals surface area contributed by atoms with Gasteiger partial charge >= 0.3 is 12.3 Å². The van der Waals surface area contributed by atoms with Crippen LogP contribution in [0, 0.1) is 0 Å². The normalized spacial score (nSPS) is 12.1. The fourth-order valence-electron chi connectivity index (χ4n) is 1.89. The lowest BCUT2D eigenvalue weighted by Crippen LogP contribution is -2.27. The number of anilines is 1. The van der Waals surface area contributed by atoms with Gasteiger partial charge in [0.2, 0.25) is 0 Å². The molecule has 0 saturated carbocycles. The molecule has 1 aromatic heterocycles. The van der Waals surface area contributed by atoms with Crippen molar-refractivity contribution in [2.45, 2.75) is 39.0 Å². The van der Waals surface area contributed by atoms with Gasteiger partial charge in [0.1, 0.15) is 10.6 Å². The van der Waals surface area contributed by atoms with Gasteiger partial charge in [0, 0.05) is 10.9 Å². The Morgan fingerprint density at radius 3 is 2.36 bits per heavy atom. The van der Waals surface area contributed by atoms with Gasteiger partial charge in [-0.2, -0.15) is 13.2 Å². The molecular weight excluding hydrogens is 421 g/mol. The number of ether oxygens (including phenoxy) is 1. The Balaban J connectivity index is 2.24. The summed E-state index contributed by atoms with van der Waals surface area (Å²) in [6.45, 7) is 4.88. The zero-order chi connectivity index (χ0) is 18.8. The molecule has 0 unspecified atom stereocenters. The predicted octanol–water partition coefficient (Wildman–Crippen LogP) is 5.86. The van der Waals surface area contributed by atoms with Crippen molar-refractivity contribution < 1.29 is 22.7 Å². The first kappa shape index (κ1) is 19.7. The van der Waals surface area contributed by atoms with Crippen LogP contribution in [0.2, 0.25) is 0 Å². The summed E-state index contributed by atoms with van der Waals surface area (Å²) in [6.07, 6.45) is -5.38. The van der Waals surface area contributed by atoms with Gasteiger partial charge in [-0.15, -0.1) is 11.3 Å². The number of benzene rings is 1. The smallest absolute Gasteiger partial charge is 0.436 e. The van der Waals surface area contributed by atoms with E-state index >= 15 is 0 Å². The molecule has 1 heterocycles. The number of thiazole rings is 1. The molecule has 136 valence electrons. The number of amides is 1. The van der Waals surface area contributed by atoms with Gasteiger partial charge in [-0.05, 0) is 38.5 Å². The van der Waals surface area contributed by atoms with Crippen molar-refractivity contribution in [3.05, 3.63) is 45.0 Å². The van der Waals surface area contributed by atoms with Crippen LogP contribution in [0.1, 0.15) is 37.0 Å². The van der Waals surface area contributed by atoms with Gasteiger partial charge in [0.05, 0.1) is 5.01 Å². The average molecular weight is 437 g/mol. The third kappa shape index (κ3) is 6.00. The summed E-state index contributed by atoms with van der Waals surface area (Å²) in [7, 11) is 0. The van der Waals surface area contributed by atoms with Crippen LogP contribution in [0.15, 0.2) is 28.7 Å². The summed E-state index contributed by atoms with van der Waals surface area (Å²) >= 11 is 4.09. The molecule has 1 aromatic carbocycles. The van der Waals surface area contributed by atoms with Crippen molar-refractivity contribution >= 4 is 38.4 Å². The van der Waals surface area contributed by atoms with Crippen LogP contribution in [0.3, 0.4) is 0 Å². The van der Waals surface area contributed by atoms with Crippen molar-refractivity contribution in [3.63, 3.8) is 0 Å². The van der Waals surface area contributed by atoms with Crippen molar-refractivity contribution in [3.8, 4) is 0 Å². The molecule has 1 amide bonds. The van der Waals surface area contributed by atoms with E-state index in [-0.39, 0.29) is 16.4 Å². The Morgan fingerprint density at radius 1 is 1.24 bits per heavy atom. The van der Waals surface area contributed by atoms with E-state index in [2.05, 4.69) is 26.2 Å². The molecule has 0 fully saturated rings. The molecule has 1 N–H and O–H groups in total. The standard InChI is InChI=1S/C16H16BrF3N2O2S/c1-15(2,3)24-14(23)22-13-12(16(18,19)20)21-11(25-13)8-9-4-6-10(17)7-5-9/h4-7H,8H2,1-3H3,(H,22,23). The van der Waals surface area contributed by atoms with Crippen LogP contribution in [0.5, 0.6) is 0 Å². The van der Waals surface area contributed by atoms with Gasteiger partial charge in [-0.25, -0.2) is 9.78 Å². The molecule has 2 aromatic rings. The van der Waals surface area contributed by atoms with Gasteiger partial charge < -0.3 is 4.74 Å². The van der Waals surface area contributed by atoms with Crippen LogP contribution in [0.4, 0.5) is 23.0 Å². The molecule has 4 nitrogen and oxygen atoms in total. The van der Waals surface area contributed by atoms with Crippen molar-refractivity contribution in [1.82, 2.24) is 4.98 Å². The number of aromatic nitrogens is 1. The van der Waals surface area contributed by atoms with E-state index in [1.165, 1.54) is 0 Å². The van der Waals surface area contributed by atoms with Crippen molar-refractivity contribution in [2.24, 2.45) is 0 Å². The largest absolute Gasteiger partial charge is 0.444 e. The summed E-state index contributed by atoms with van der Waals surface area (Å²) in [5.41, 5.74) is -1.11. The molecule has 0 aliphatic rings. The number of halogens is 4. The Kier molecular flexibility index (Phi) is 5.78. The molecule has 0 bridgehead atoms. The minimum absolute atomic E-state index is 0.233. The Bertz CT molecular complexity index is 752. The van der Waals surface area contributed by atoms with Crippen LogP contribution in [-0.2, 0) is 17.3 Å². The van der Waals surface area contributed by atoms with E-state index in [4.69, 9.17) is 4.74 Å². The number of nitrogens with one attached hydrogen (secondary N) is 1. The second-order valence-electron chi connectivity index (χ2n) is 6.21. The molecule has 0 aliphatic heterocycles. The van der Waals surface area contributed by atoms with E-state index in [9.17, 15) is 18.0 Å². The summed E-state index contributed by atoms with van der Waals surface area (Å²) < 4.78 is 45.4. The minimum atomic E-state index is -4.67. The number of carbonyl (C=O) groups excluding carboxylic acids is 1. The van der Waals surface area contributed by atoms with E-state index in [1.54, 1.807) is 45.0 Å². The third-order valence-corrected chi connectivity index (χ3v) is 4.32. The minimum Gasteiger partial charge on any atom is -0.444 e. The molecule has 9 heteroatoms. The highest BCUT2D eigenvalue weighted by atomic mass is 79.9. The monoisotopic (exact) mass is 436 g/mol. The number of carbonyl (C=O) groups is 1. The van der Waals surface area contributed by atoms with Crippen molar-refractivity contribution in [2.75, 3.05) is 5.32 Å². The van der Waals surface area contributed by atoms with Crippen molar-refractivity contribution in [1.29, 1.82) is 0 Å². The zero-order valence-electron chi connectivity index (χ0n) is 13.7. The molecule has 0 atom stereocenters. The lowest BCUT2D eigenvalue weighted by molar-refractivity contribution is -0.140. The molecule has 0 aliphatic carbocycles. The number of nitrogens with zero attached hydrogens (tertiary/aromatic N) is 1. The fraction of sp³-hybridized carbons (Fsp3) is 0.375. The zero-order valence-corrected chi connectivity index (χ0v) is 16.1. The number of hydrogen-bond donors (Lipinski definition) is 1. The Morgan fingerprint density at radius 2 is 1.84 bits per heavy atom. The first-order valence-corrected chi connectivity index (χ1v) is 8.86. The van der Waals surface area contributed by atoms with Crippen LogP contribution in [0.25, 0.3) is 0 Å². The SMILES string of the molecule is CC(C)(C)OC(=O)Nc1sc(Cc2ccc(Br)cc2)nc1C(F)(F)F. The first-order valence-electron chi connectivity index (χ1n) is 7.25. The van der Waals surface area contributed by atoms with Gasteiger partial charge in [0.25, 0.3) is 0 Å². The van der Waals surface area contributed by atoms with E-state index in [0.29, 0.717) is 0 Å². The maximum Gasteiger partial charge on any atom is 0.436 e. The number of rotatable bonds is 3. The second kappa shape index (κ2) is 7.33. The summed E-state index contributed by atoms with van der Waals surface area (Å²) in [5.74, 6) is 0. The van der Waals surface area contributed by atoms with E-state index < -0.39 is 23.6 Å². The molecule has 0 radical (unpaired) electrons. The van der Waals surface area contributed by atoms with Crippen LogP contribution >= 0.6 is 27.3 Å². The summed E-state index contributed by atoms with van der Waals surface area (Å²) in [5, 5.41) is 2.04.